The van der Waals surface area contributed by atoms with Crippen LogP contribution in [0.3, 0.4) is 0 Å². The minimum absolute atomic E-state index is 0.00236. The normalized spacial score (nSPS) is 26.2. The predicted octanol–water partition coefficient (Wildman–Crippen LogP) is 2.56. The van der Waals surface area contributed by atoms with Gasteiger partial charge in [-0.1, -0.05) is 0 Å². The highest BCUT2D eigenvalue weighted by Gasteiger charge is 2.45. The number of methoxy groups -OCH3 is 1. The number of aromatic nitrogens is 2. The second-order valence-corrected chi connectivity index (χ2v) is 8.47. The van der Waals surface area contributed by atoms with E-state index in [1.807, 2.05) is 35.2 Å². The SMILES string of the molecule is COc1ccc(-c2cc(C(=O)N3C[C@H]4C[C@@H](C3)[C@H]3CCCC(=O)N3C4)[nH]n2)cc1. The maximum atomic E-state index is 13.2. The van der Waals surface area contributed by atoms with Crippen LogP contribution in [0.15, 0.2) is 30.3 Å². The Morgan fingerprint density at radius 1 is 1.21 bits per heavy atom. The fraction of sp³-hybridized carbons (Fsp3) is 0.500. The quantitative estimate of drug-likeness (QED) is 0.868. The van der Waals surface area contributed by atoms with Crippen LogP contribution < -0.4 is 4.74 Å². The first kappa shape index (κ1) is 18.2. The summed E-state index contributed by atoms with van der Waals surface area (Å²) in [6.07, 6.45) is 3.84. The molecule has 0 saturated carbocycles. The van der Waals surface area contributed by atoms with E-state index < -0.39 is 0 Å². The number of aromatic amines is 1. The van der Waals surface area contributed by atoms with Crippen molar-refractivity contribution in [1.82, 2.24) is 20.0 Å². The Bertz CT molecular complexity index is 922. The maximum Gasteiger partial charge on any atom is 0.271 e. The highest BCUT2D eigenvalue weighted by molar-refractivity contribution is 5.93. The van der Waals surface area contributed by atoms with Gasteiger partial charge >= 0.3 is 0 Å². The number of hydrogen-bond donors (Lipinski definition) is 1. The molecule has 0 spiro atoms. The average molecular weight is 394 g/mol. The molecule has 152 valence electrons. The first-order chi connectivity index (χ1) is 14.1. The Morgan fingerprint density at radius 2 is 2.03 bits per heavy atom. The summed E-state index contributed by atoms with van der Waals surface area (Å²) >= 11 is 0. The molecule has 5 rings (SSSR count). The second-order valence-electron chi connectivity index (χ2n) is 8.47. The molecule has 3 saturated heterocycles. The number of hydrogen-bond acceptors (Lipinski definition) is 4. The molecule has 4 heterocycles. The van der Waals surface area contributed by atoms with E-state index in [1.165, 1.54) is 0 Å². The van der Waals surface area contributed by atoms with Crippen LogP contribution in [0.4, 0.5) is 0 Å². The third-order valence-corrected chi connectivity index (χ3v) is 6.66. The van der Waals surface area contributed by atoms with Gasteiger partial charge in [0.05, 0.1) is 12.8 Å². The van der Waals surface area contributed by atoms with Crippen molar-refractivity contribution in [3.05, 3.63) is 36.0 Å². The number of amides is 2. The van der Waals surface area contributed by atoms with Crippen molar-refractivity contribution < 1.29 is 14.3 Å². The minimum atomic E-state index is 0.00236. The molecule has 0 unspecified atom stereocenters. The zero-order valence-electron chi connectivity index (χ0n) is 16.6. The van der Waals surface area contributed by atoms with Gasteiger partial charge < -0.3 is 14.5 Å². The minimum Gasteiger partial charge on any atom is -0.497 e. The lowest BCUT2D eigenvalue weighted by Gasteiger charge is -2.52. The van der Waals surface area contributed by atoms with Crippen molar-refractivity contribution in [2.24, 2.45) is 11.8 Å². The number of benzene rings is 1. The van der Waals surface area contributed by atoms with Crippen LogP contribution in [0, 0.1) is 11.8 Å². The summed E-state index contributed by atoms with van der Waals surface area (Å²) in [4.78, 5) is 29.5. The molecule has 3 aliphatic rings. The van der Waals surface area contributed by atoms with Crippen LogP contribution in [0.1, 0.15) is 36.2 Å². The standard InChI is InChI=1S/C22H26N4O3/c1-29-17-7-5-15(6-8-17)18-10-19(24-23-18)22(28)25-11-14-9-16(13-25)20-3-2-4-21(27)26(20)12-14/h5-8,10,14,16,20H,2-4,9,11-13H2,1H3,(H,23,24)/t14-,16+,20-/m1/s1. The molecular weight excluding hydrogens is 368 g/mol. The van der Waals surface area contributed by atoms with Crippen LogP contribution in [0.25, 0.3) is 11.3 Å². The molecule has 1 aromatic carbocycles. The Balaban J connectivity index is 1.31. The molecule has 29 heavy (non-hydrogen) atoms. The predicted molar refractivity (Wildman–Crippen MR) is 107 cm³/mol. The van der Waals surface area contributed by atoms with Gasteiger partial charge in [-0.05, 0) is 61.4 Å². The lowest BCUT2D eigenvalue weighted by molar-refractivity contribution is -0.144. The summed E-state index contributed by atoms with van der Waals surface area (Å²) < 4.78 is 5.19. The largest absolute Gasteiger partial charge is 0.497 e. The first-order valence-corrected chi connectivity index (χ1v) is 10.4. The first-order valence-electron chi connectivity index (χ1n) is 10.4. The maximum absolute atomic E-state index is 13.2. The Morgan fingerprint density at radius 3 is 2.83 bits per heavy atom. The van der Waals surface area contributed by atoms with E-state index in [0.717, 1.165) is 49.4 Å². The molecule has 3 atom stereocenters. The molecule has 7 nitrogen and oxygen atoms in total. The number of carbonyl (C=O) groups excluding carboxylic acids is 2. The molecule has 2 aromatic rings. The van der Waals surface area contributed by atoms with E-state index in [9.17, 15) is 9.59 Å². The van der Waals surface area contributed by atoms with Gasteiger partial charge in [0, 0.05) is 37.7 Å². The number of nitrogens with one attached hydrogen (secondary N) is 1. The number of rotatable bonds is 3. The molecule has 1 aromatic heterocycles. The number of piperidine rings is 3. The van der Waals surface area contributed by atoms with E-state index in [2.05, 4.69) is 15.1 Å². The highest BCUT2D eigenvalue weighted by Crippen LogP contribution is 2.38. The van der Waals surface area contributed by atoms with Gasteiger partial charge in [0.1, 0.15) is 11.4 Å². The summed E-state index contributed by atoms with van der Waals surface area (Å²) in [5.74, 6) is 1.85. The van der Waals surface area contributed by atoms with Gasteiger partial charge in [-0.15, -0.1) is 0 Å². The van der Waals surface area contributed by atoms with Crippen LogP contribution in [-0.2, 0) is 4.79 Å². The lowest BCUT2D eigenvalue weighted by Crippen LogP contribution is -2.61. The van der Waals surface area contributed by atoms with E-state index in [1.54, 1.807) is 7.11 Å². The molecule has 3 aliphatic heterocycles. The van der Waals surface area contributed by atoms with Crippen LogP contribution >= 0.6 is 0 Å². The zero-order valence-corrected chi connectivity index (χ0v) is 16.6. The fourth-order valence-corrected chi connectivity index (χ4v) is 5.29. The van der Waals surface area contributed by atoms with Crippen LogP contribution in [0.2, 0.25) is 0 Å². The van der Waals surface area contributed by atoms with E-state index >= 15 is 0 Å². The van der Waals surface area contributed by atoms with Gasteiger partial charge in [0.15, 0.2) is 0 Å². The van der Waals surface area contributed by atoms with Crippen molar-refractivity contribution in [3.8, 4) is 17.0 Å². The summed E-state index contributed by atoms with van der Waals surface area (Å²) in [6, 6.07) is 9.76. The molecule has 2 amide bonds. The number of ether oxygens (including phenoxy) is 1. The van der Waals surface area contributed by atoms with Gasteiger partial charge in [-0.3, -0.25) is 14.7 Å². The second kappa shape index (κ2) is 7.21. The molecule has 3 fully saturated rings. The molecule has 0 radical (unpaired) electrons. The average Bonchev–Trinajstić information content (AvgIpc) is 3.24. The van der Waals surface area contributed by atoms with Gasteiger partial charge in [-0.2, -0.15) is 5.10 Å². The van der Waals surface area contributed by atoms with Crippen LogP contribution in [-0.4, -0.2) is 64.6 Å². The zero-order chi connectivity index (χ0) is 20.0. The van der Waals surface area contributed by atoms with Crippen LogP contribution in [0.5, 0.6) is 5.75 Å². The number of nitrogens with zero attached hydrogens (tertiary/aromatic N) is 3. The molecule has 0 aliphatic carbocycles. The Hall–Kier alpha value is -2.83. The molecule has 1 N–H and O–H groups in total. The summed E-state index contributed by atoms with van der Waals surface area (Å²) in [6.45, 7) is 2.23. The lowest BCUT2D eigenvalue weighted by atomic mass is 9.76. The molecular formula is C22H26N4O3. The number of H-pyrrole nitrogens is 1. The number of likely N-dealkylation sites (tertiary alicyclic amines) is 1. The van der Waals surface area contributed by atoms with E-state index in [-0.39, 0.29) is 5.91 Å². The summed E-state index contributed by atoms with van der Waals surface area (Å²) in [5, 5.41) is 7.26. The van der Waals surface area contributed by atoms with Gasteiger partial charge in [-0.25, -0.2) is 0 Å². The van der Waals surface area contributed by atoms with Crippen molar-refractivity contribution in [3.63, 3.8) is 0 Å². The third kappa shape index (κ3) is 3.28. The van der Waals surface area contributed by atoms with Crippen molar-refractivity contribution in [2.75, 3.05) is 26.7 Å². The monoisotopic (exact) mass is 394 g/mol. The fourth-order valence-electron chi connectivity index (χ4n) is 5.29. The highest BCUT2D eigenvalue weighted by atomic mass is 16.5. The Labute approximate surface area is 170 Å². The topological polar surface area (TPSA) is 78.5 Å². The van der Waals surface area contributed by atoms with Gasteiger partial charge in [0.2, 0.25) is 5.91 Å². The van der Waals surface area contributed by atoms with E-state index in [4.69, 9.17) is 4.74 Å². The van der Waals surface area contributed by atoms with Crippen molar-refractivity contribution in [1.29, 1.82) is 0 Å². The molecule has 7 heteroatoms. The number of carbonyl (C=O) groups is 2. The summed E-state index contributed by atoms with van der Waals surface area (Å²) in [7, 11) is 1.64. The number of fused-ring (bicyclic) bond motifs is 4. The van der Waals surface area contributed by atoms with E-state index in [0.29, 0.717) is 42.4 Å². The van der Waals surface area contributed by atoms with Crippen molar-refractivity contribution >= 4 is 11.8 Å². The Kier molecular flexibility index (Phi) is 4.53. The smallest absolute Gasteiger partial charge is 0.271 e. The third-order valence-electron chi connectivity index (χ3n) is 6.66. The van der Waals surface area contributed by atoms with Gasteiger partial charge in [0.25, 0.3) is 5.91 Å². The molecule has 2 bridgehead atoms. The summed E-state index contributed by atoms with van der Waals surface area (Å²) in [5.41, 5.74) is 2.21. The van der Waals surface area contributed by atoms with Crippen molar-refractivity contribution in [2.45, 2.75) is 31.7 Å².